The van der Waals surface area contributed by atoms with Crippen LogP contribution in [0.2, 0.25) is 0 Å². The molecule has 0 spiro atoms. The second kappa shape index (κ2) is 7.40. The van der Waals surface area contributed by atoms with Crippen molar-refractivity contribution in [2.75, 3.05) is 6.54 Å². The molecular weight excluding hydrogens is 335 g/mol. The van der Waals surface area contributed by atoms with Gasteiger partial charge in [-0.25, -0.2) is 4.39 Å². The van der Waals surface area contributed by atoms with Crippen LogP contribution in [-0.4, -0.2) is 42.8 Å². The summed E-state index contributed by atoms with van der Waals surface area (Å²) in [6.45, 7) is 4.60. The van der Waals surface area contributed by atoms with Gasteiger partial charge in [0.25, 0.3) is 0 Å². The monoisotopic (exact) mass is 349 g/mol. The topological polar surface area (TPSA) is 80.4 Å². The van der Waals surface area contributed by atoms with Crippen molar-refractivity contribution in [1.82, 2.24) is 0 Å². The van der Waals surface area contributed by atoms with Gasteiger partial charge in [0.05, 0.1) is 0 Å². The van der Waals surface area contributed by atoms with Crippen molar-refractivity contribution in [2.24, 2.45) is 5.73 Å². The lowest BCUT2D eigenvalue weighted by Gasteiger charge is -2.32. The quantitative estimate of drug-likeness (QED) is 0.439. The predicted molar refractivity (Wildman–Crippen MR) is 60.8 cm³/mol. The second-order valence-corrected chi connectivity index (χ2v) is 5.05. The fourth-order valence-electron chi connectivity index (χ4n) is 0.809. The molecule has 0 saturated carbocycles. The number of hydrogen-bond acceptors (Lipinski definition) is 3. The molecule has 4 nitrogen and oxygen atoms in total. The molecule has 0 amide bonds. The van der Waals surface area contributed by atoms with Gasteiger partial charge in [-0.2, -0.15) is 34.8 Å². The van der Waals surface area contributed by atoms with Gasteiger partial charge < -0.3 is 5.73 Å². The van der Waals surface area contributed by atoms with Crippen LogP contribution in [0.4, 0.5) is 30.7 Å². The highest BCUT2D eigenvalue weighted by Crippen LogP contribution is 2.50. The molecule has 0 radical (unpaired) electrons. The average molecular weight is 349 g/mol. The Kier molecular flexibility index (Phi) is 7.90. The minimum absolute atomic E-state index is 0.583. The van der Waals surface area contributed by atoms with E-state index in [0.29, 0.717) is 13.5 Å². The van der Waals surface area contributed by atoms with Crippen LogP contribution in [0.3, 0.4) is 0 Å². The van der Waals surface area contributed by atoms with Crippen molar-refractivity contribution in [1.29, 1.82) is 0 Å². The van der Waals surface area contributed by atoms with Gasteiger partial charge >= 0.3 is 27.2 Å². The molecule has 0 heterocycles. The summed E-state index contributed by atoms with van der Waals surface area (Å²) in [5, 5.41) is -6.50. The number of hydrogen-bond donors (Lipinski definition) is 2. The van der Waals surface area contributed by atoms with Crippen molar-refractivity contribution in [3.05, 3.63) is 12.7 Å². The number of halogens is 7. The first-order valence-corrected chi connectivity index (χ1v) is 6.64. The summed E-state index contributed by atoms with van der Waals surface area (Å²) in [7, 11) is -6.81. The fourth-order valence-corrected chi connectivity index (χ4v) is 1.27. The van der Waals surface area contributed by atoms with Crippen LogP contribution in [0.15, 0.2) is 12.7 Å². The zero-order chi connectivity index (χ0) is 17.7. The van der Waals surface area contributed by atoms with E-state index >= 15 is 0 Å². The van der Waals surface area contributed by atoms with E-state index in [4.69, 9.17) is 10.3 Å². The summed E-state index contributed by atoms with van der Waals surface area (Å²) in [6.07, 6.45) is -3.28. The van der Waals surface area contributed by atoms with Crippen LogP contribution in [0.25, 0.3) is 0 Å². The fraction of sp³-hybridized carbons (Fsp3) is 0.778. The van der Waals surface area contributed by atoms with Crippen molar-refractivity contribution >= 4 is 10.1 Å². The Labute approximate surface area is 116 Å². The van der Waals surface area contributed by atoms with Crippen LogP contribution in [0, 0.1) is 0 Å². The lowest BCUT2D eigenvalue weighted by Crippen LogP contribution is -2.60. The Morgan fingerprint density at radius 2 is 1.57 bits per heavy atom. The maximum atomic E-state index is 12.6. The minimum atomic E-state index is -6.81. The normalized spacial score (nSPS) is 15.0. The molecular formula is C9H14F7NO3S. The molecule has 0 aromatic carbocycles. The van der Waals surface area contributed by atoms with Crippen LogP contribution < -0.4 is 5.73 Å². The lowest BCUT2D eigenvalue weighted by molar-refractivity contribution is -0.299. The zero-order valence-corrected chi connectivity index (χ0v) is 11.5. The van der Waals surface area contributed by atoms with E-state index in [2.05, 4.69) is 6.58 Å². The van der Waals surface area contributed by atoms with Gasteiger partial charge in [0.2, 0.25) is 0 Å². The molecule has 0 aliphatic carbocycles. The van der Waals surface area contributed by atoms with Crippen LogP contribution in [0.5, 0.6) is 0 Å². The van der Waals surface area contributed by atoms with E-state index < -0.39 is 39.8 Å². The third kappa shape index (κ3) is 4.54. The first-order chi connectivity index (χ1) is 9.15. The number of nitrogens with two attached hydrogens (primary N) is 1. The molecule has 0 fully saturated rings. The van der Waals surface area contributed by atoms with Gasteiger partial charge in [-0.1, -0.05) is 13.0 Å². The first-order valence-electron chi connectivity index (χ1n) is 5.20. The maximum absolute atomic E-state index is 12.6. The Bertz CT molecular complexity index is 439. The van der Waals surface area contributed by atoms with Gasteiger partial charge in [0, 0.05) is 6.54 Å². The summed E-state index contributed by atoms with van der Waals surface area (Å²) >= 11 is 0. The van der Waals surface area contributed by atoms with E-state index in [0.717, 1.165) is 0 Å². The molecule has 0 aliphatic heterocycles. The van der Waals surface area contributed by atoms with E-state index in [1.165, 1.54) is 0 Å². The third-order valence-electron chi connectivity index (χ3n) is 2.03. The van der Waals surface area contributed by atoms with Crippen molar-refractivity contribution in [2.45, 2.75) is 36.6 Å². The Morgan fingerprint density at radius 1 is 1.24 bits per heavy atom. The molecule has 128 valence electrons. The Balaban J connectivity index is 0. The standard InChI is InChI=1S/C6H7F7O3S.C3H7N/c1-2-3(7)4(8,9)5(10,11)6(12,13)17(14,15)16;1-2-3-4/h3H,2H2,1H3,(H,14,15,16);2H,1,3-4H2. The van der Waals surface area contributed by atoms with Crippen LogP contribution in [-0.2, 0) is 10.1 Å². The molecule has 0 rings (SSSR count). The van der Waals surface area contributed by atoms with Crippen LogP contribution >= 0.6 is 0 Å². The maximum Gasteiger partial charge on any atom is 0.438 e. The molecule has 3 N–H and O–H groups in total. The molecule has 1 atom stereocenters. The molecule has 0 saturated heterocycles. The lowest BCUT2D eigenvalue weighted by atomic mass is 10.1. The predicted octanol–water partition coefficient (Wildman–Crippen LogP) is 2.62. The van der Waals surface area contributed by atoms with E-state index in [1.54, 1.807) is 6.08 Å². The third-order valence-corrected chi connectivity index (χ3v) is 2.93. The van der Waals surface area contributed by atoms with Gasteiger partial charge in [-0.05, 0) is 6.42 Å². The number of alkyl halides is 7. The highest BCUT2D eigenvalue weighted by molar-refractivity contribution is 7.87. The molecule has 0 aromatic rings. The number of rotatable bonds is 6. The second-order valence-electron chi connectivity index (χ2n) is 3.59. The van der Waals surface area contributed by atoms with E-state index in [-0.39, 0.29) is 0 Å². The molecule has 1 unspecified atom stereocenters. The molecule has 0 aromatic heterocycles. The van der Waals surface area contributed by atoms with Crippen molar-refractivity contribution < 1.29 is 43.7 Å². The molecule has 12 heteroatoms. The Hall–Kier alpha value is -0.880. The van der Waals surface area contributed by atoms with Crippen molar-refractivity contribution in [3.63, 3.8) is 0 Å². The highest BCUT2D eigenvalue weighted by Gasteiger charge is 2.79. The summed E-state index contributed by atoms with van der Waals surface area (Å²) in [4.78, 5) is 0. The summed E-state index contributed by atoms with van der Waals surface area (Å²) < 4.78 is 116. The summed E-state index contributed by atoms with van der Waals surface area (Å²) in [6, 6.07) is 0. The van der Waals surface area contributed by atoms with Gasteiger partial charge in [-0.15, -0.1) is 6.58 Å². The highest BCUT2D eigenvalue weighted by atomic mass is 32.2. The average Bonchev–Trinajstić information content (AvgIpc) is 2.36. The van der Waals surface area contributed by atoms with E-state index in [9.17, 15) is 39.2 Å². The summed E-state index contributed by atoms with van der Waals surface area (Å²) in [5.41, 5.74) is 4.91. The first kappa shape index (κ1) is 22.4. The Morgan fingerprint density at radius 3 is 1.76 bits per heavy atom. The molecule has 0 bridgehead atoms. The largest absolute Gasteiger partial charge is 0.438 e. The smallest absolute Gasteiger partial charge is 0.327 e. The van der Waals surface area contributed by atoms with Crippen LogP contribution in [0.1, 0.15) is 13.3 Å². The molecule has 21 heavy (non-hydrogen) atoms. The summed E-state index contributed by atoms with van der Waals surface area (Å²) in [5.74, 6) is -12.5. The van der Waals surface area contributed by atoms with Gasteiger partial charge in [0.15, 0.2) is 6.17 Å². The zero-order valence-electron chi connectivity index (χ0n) is 10.7. The van der Waals surface area contributed by atoms with Crippen molar-refractivity contribution in [3.8, 4) is 0 Å². The van der Waals surface area contributed by atoms with Gasteiger partial charge in [0.1, 0.15) is 0 Å². The van der Waals surface area contributed by atoms with Gasteiger partial charge in [-0.3, -0.25) is 4.55 Å². The SMILES string of the molecule is C=CCN.CCC(F)C(F)(F)C(F)(F)C(F)(F)S(=O)(=O)O. The van der Waals surface area contributed by atoms with E-state index in [1.807, 2.05) is 0 Å². The minimum Gasteiger partial charge on any atom is -0.327 e. The molecule has 0 aliphatic rings.